The monoisotopic (exact) mass is 577 g/mol. The molecule has 1 fully saturated rings. The van der Waals surface area contributed by atoms with Gasteiger partial charge in [0.2, 0.25) is 0 Å². The van der Waals surface area contributed by atoms with Crippen LogP contribution >= 0.6 is 0 Å². The number of rotatable bonds is 16. The molecule has 0 spiro atoms. The maximum atomic E-state index is 12.8. The largest absolute Gasteiger partial charge is 0.491 e. The Bertz CT molecular complexity index is 957. The Morgan fingerprint density at radius 3 is 2.60 bits per heavy atom. The van der Waals surface area contributed by atoms with Crippen molar-refractivity contribution >= 4 is 5.97 Å². The molecule has 10 nitrogen and oxygen atoms in total. The number of unbranched alkanes of at least 4 members (excludes halogenated alkanes) is 1. The molecule has 1 saturated carbocycles. The first-order valence-corrected chi connectivity index (χ1v) is 13.0. The summed E-state index contributed by atoms with van der Waals surface area (Å²) in [6.07, 6.45) is 1.48. The van der Waals surface area contributed by atoms with Gasteiger partial charge in [0, 0.05) is 24.7 Å². The lowest BCUT2D eigenvalue weighted by Gasteiger charge is -2.19. The van der Waals surface area contributed by atoms with Crippen LogP contribution in [0.15, 0.2) is 48.6 Å². The molecule has 5 N–H and O–H groups in total. The highest BCUT2D eigenvalue weighted by molar-refractivity contribution is 5.69. The Morgan fingerprint density at radius 2 is 1.90 bits per heavy atom. The van der Waals surface area contributed by atoms with Gasteiger partial charge in [0.1, 0.15) is 18.5 Å². The molecule has 226 valence electrons. The molecular formula is C27H38F3NO9. The first-order valence-electron chi connectivity index (χ1n) is 13.0. The molecule has 1 aliphatic carbocycles. The number of allylic oxidation sites excluding steroid dienone is 2. The van der Waals surface area contributed by atoms with Crippen LogP contribution < -0.4 is 4.74 Å². The van der Waals surface area contributed by atoms with E-state index in [1.54, 1.807) is 13.0 Å². The topological polar surface area (TPSA) is 149 Å². The summed E-state index contributed by atoms with van der Waals surface area (Å²) in [5, 5.41) is 47.5. The highest BCUT2D eigenvalue weighted by Crippen LogP contribution is 2.36. The van der Waals surface area contributed by atoms with Crippen molar-refractivity contribution in [2.24, 2.45) is 17.8 Å². The Hall–Kier alpha value is -2.52. The Balaban J connectivity index is 1.74. The Morgan fingerprint density at radius 1 is 1.15 bits per heavy atom. The number of alkyl halides is 3. The molecule has 1 unspecified atom stereocenters. The molecule has 0 aliphatic heterocycles. The highest BCUT2D eigenvalue weighted by atomic mass is 19.4. The molecule has 0 radical (unpaired) electrons. The fourth-order valence-corrected chi connectivity index (χ4v) is 4.25. The van der Waals surface area contributed by atoms with E-state index >= 15 is 0 Å². The quantitative estimate of drug-likeness (QED) is 0.0853. The van der Waals surface area contributed by atoms with Crippen molar-refractivity contribution in [2.75, 3.05) is 19.8 Å². The lowest BCUT2D eigenvalue weighted by Crippen LogP contribution is -2.22. The number of carbonyl (C=O) groups excluding carboxylic acids is 1. The van der Waals surface area contributed by atoms with E-state index < -0.39 is 41.4 Å². The van der Waals surface area contributed by atoms with Crippen LogP contribution in [0.4, 0.5) is 13.2 Å². The number of aliphatic hydroxyl groups is 3. The average Bonchev–Trinajstić information content (AvgIpc) is 3.16. The van der Waals surface area contributed by atoms with Crippen LogP contribution in [-0.2, 0) is 20.5 Å². The summed E-state index contributed by atoms with van der Waals surface area (Å²) in [6.45, 7) is 1.47. The van der Waals surface area contributed by atoms with Gasteiger partial charge in [-0.15, -0.1) is 0 Å². The summed E-state index contributed by atoms with van der Waals surface area (Å²) in [5.74, 6) is -1.39. The fraction of sp³-hybridized carbons (Fsp3) is 0.593. The molecule has 0 bridgehead atoms. The van der Waals surface area contributed by atoms with Crippen LogP contribution in [0.2, 0.25) is 0 Å². The van der Waals surface area contributed by atoms with E-state index in [0.29, 0.717) is 19.3 Å². The van der Waals surface area contributed by atoms with Crippen molar-refractivity contribution in [1.29, 1.82) is 0 Å². The summed E-state index contributed by atoms with van der Waals surface area (Å²) in [6, 6.07) is 4.34. The number of hydrogen-bond acceptors (Lipinski definition) is 10. The van der Waals surface area contributed by atoms with E-state index in [4.69, 9.17) is 19.9 Å². The molecule has 0 amide bonds. The summed E-state index contributed by atoms with van der Waals surface area (Å²) in [4.78, 5) is 16.3. The average molecular weight is 578 g/mol. The van der Waals surface area contributed by atoms with Crippen LogP contribution in [0.1, 0.15) is 44.6 Å². The van der Waals surface area contributed by atoms with Gasteiger partial charge >= 0.3 is 12.1 Å². The number of esters is 1. The normalized spacial score (nSPS) is 23.2. The van der Waals surface area contributed by atoms with Crippen LogP contribution in [-0.4, -0.2) is 75.2 Å². The zero-order valence-electron chi connectivity index (χ0n) is 22.2. The van der Waals surface area contributed by atoms with E-state index in [9.17, 15) is 33.3 Å². The third-order valence-corrected chi connectivity index (χ3v) is 6.38. The van der Waals surface area contributed by atoms with Gasteiger partial charge in [-0.2, -0.15) is 13.2 Å². The molecule has 2 rings (SSSR count). The summed E-state index contributed by atoms with van der Waals surface area (Å²) in [7, 11) is 0. The van der Waals surface area contributed by atoms with Crippen LogP contribution in [0, 0.1) is 17.8 Å². The number of benzene rings is 1. The molecule has 1 aromatic rings. The maximum absolute atomic E-state index is 12.8. The smallest absolute Gasteiger partial charge is 0.416 e. The molecule has 1 aromatic carbocycles. The first kappa shape index (κ1) is 33.7. The van der Waals surface area contributed by atoms with Gasteiger partial charge in [-0.05, 0) is 43.4 Å². The third kappa shape index (κ3) is 12.3. The molecule has 0 aromatic heterocycles. The van der Waals surface area contributed by atoms with Gasteiger partial charge in [-0.3, -0.25) is 20.0 Å². The minimum Gasteiger partial charge on any atom is -0.491 e. The second-order valence-electron chi connectivity index (χ2n) is 9.84. The fourth-order valence-electron chi connectivity index (χ4n) is 4.25. The first-order chi connectivity index (χ1) is 18.9. The summed E-state index contributed by atoms with van der Waals surface area (Å²) in [5.41, 5.74) is -0.856. The maximum Gasteiger partial charge on any atom is 0.416 e. The van der Waals surface area contributed by atoms with Crippen LogP contribution in [0.3, 0.4) is 0 Å². The number of halogens is 3. The molecule has 1 aliphatic rings. The number of hydrogen-bond donors (Lipinski definition) is 5. The van der Waals surface area contributed by atoms with Gasteiger partial charge in [0.05, 0.1) is 36.4 Å². The molecule has 0 saturated heterocycles. The summed E-state index contributed by atoms with van der Waals surface area (Å²) >= 11 is 0. The van der Waals surface area contributed by atoms with Crippen LogP contribution in [0.25, 0.3) is 0 Å². The number of carbonyl (C=O) groups is 1. The predicted octanol–water partition coefficient (Wildman–Crippen LogP) is 3.67. The number of ether oxygens (including phenoxy) is 2. The molecular weight excluding hydrogens is 539 g/mol. The van der Waals surface area contributed by atoms with E-state index in [0.717, 1.165) is 12.1 Å². The van der Waals surface area contributed by atoms with E-state index in [-0.39, 0.29) is 56.2 Å². The van der Waals surface area contributed by atoms with Gasteiger partial charge in [-0.25, -0.2) is 0 Å². The van der Waals surface area contributed by atoms with E-state index in [1.807, 2.05) is 12.2 Å². The Kier molecular flexibility index (Phi) is 14.0. The second kappa shape index (κ2) is 16.7. The van der Waals surface area contributed by atoms with Gasteiger partial charge in [0.25, 0.3) is 0 Å². The van der Waals surface area contributed by atoms with Crippen molar-refractivity contribution in [2.45, 2.75) is 63.5 Å². The van der Waals surface area contributed by atoms with E-state index in [1.165, 1.54) is 18.2 Å². The second-order valence-corrected chi connectivity index (χ2v) is 9.84. The number of aliphatic hydroxyl groups excluding tert-OH is 3. The molecule has 0 heterocycles. The van der Waals surface area contributed by atoms with Crippen molar-refractivity contribution in [3.63, 3.8) is 0 Å². The van der Waals surface area contributed by atoms with Gasteiger partial charge < -0.3 is 24.8 Å². The predicted molar refractivity (Wildman–Crippen MR) is 135 cm³/mol. The highest BCUT2D eigenvalue weighted by Gasteiger charge is 2.39. The SMILES string of the molecule is CC(COC(=O)CCC/C=C\C[C@@H]1[C@@H](/C=C/[C@@H](O)COc2cccc(C(F)(F)F)c2)[C@H](O)C[C@@H]1O)CON(O)O. The lowest BCUT2D eigenvalue weighted by molar-refractivity contribution is -0.494. The minimum absolute atomic E-state index is 0.0313. The summed E-state index contributed by atoms with van der Waals surface area (Å²) < 4.78 is 48.9. The number of nitrogens with zero attached hydrogens (tertiary/aromatic N) is 1. The van der Waals surface area contributed by atoms with Crippen molar-refractivity contribution < 1.29 is 58.0 Å². The van der Waals surface area contributed by atoms with Crippen molar-refractivity contribution in [3.05, 3.63) is 54.1 Å². The molecule has 40 heavy (non-hydrogen) atoms. The zero-order valence-corrected chi connectivity index (χ0v) is 22.2. The minimum atomic E-state index is -4.51. The molecule has 6 atom stereocenters. The van der Waals surface area contributed by atoms with Gasteiger partial charge in [-0.1, -0.05) is 37.3 Å². The van der Waals surface area contributed by atoms with Crippen molar-refractivity contribution in [1.82, 2.24) is 5.39 Å². The Labute approximate surface area is 230 Å². The zero-order chi connectivity index (χ0) is 29.7. The lowest BCUT2D eigenvalue weighted by atomic mass is 9.89. The third-order valence-electron chi connectivity index (χ3n) is 6.38. The van der Waals surface area contributed by atoms with E-state index in [2.05, 4.69) is 4.84 Å². The van der Waals surface area contributed by atoms with Crippen molar-refractivity contribution in [3.8, 4) is 5.75 Å². The molecule has 13 heteroatoms. The van der Waals surface area contributed by atoms with Crippen LogP contribution in [0.5, 0.6) is 5.75 Å². The standard InChI is InChI=1S/C27H38F3NO9/c1-18(16-40-31(36)37)15-39-26(35)10-5-3-2-4-9-22-23(25(34)14-24(22)33)12-11-20(32)17-38-21-8-6-7-19(13-21)27(28,29)30/h2,4,6-8,11-13,18,20,22-25,32-34,36-37H,3,5,9-10,14-17H2,1H3/b4-2-,12-11+/t18?,20-,22-,23-,24+,25-/m1/s1. The van der Waals surface area contributed by atoms with Gasteiger partial charge in [0.15, 0.2) is 0 Å².